The van der Waals surface area contributed by atoms with Gasteiger partial charge in [-0.2, -0.15) is 12.7 Å². The van der Waals surface area contributed by atoms with Crippen LogP contribution in [0.3, 0.4) is 0 Å². The first-order valence-electron chi connectivity index (χ1n) is 7.55. The molecule has 0 heterocycles. The Balaban J connectivity index is 4.23. The van der Waals surface area contributed by atoms with Crippen molar-refractivity contribution in [3.05, 3.63) is 0 Å². The average Bonchev–Trinajstić information content (AvgIpc) is 2.30. The fraction of sp³-hybridized carbons (Fsp3) is 1.00. The van der Waals surface area contributed by atoms with Crippen LogP contribution in [0, 0.1) is 5.41 Å². The van der Waals surface area contributed by atoms with E-state index >= 15 is 0 Å². The van der Waals surface area contributed by atoms with E-state index in [9.17, 15) is 8.42 Å². The van der Waals surface area contributed by atoms with Crippen molar-refractivity contribution in [2.24, 2.45) is 5.41 Å². The van der Waals surface area contributed by atoms with Gasteiger partial charge in [0.05, 0.1) is 0 Å². The molecular weight excluding hydrogens is 288 g/mol. The molecule has 2 N–H and O–H groups in total. The average molecular weight is 323 g/mol. The lowest BCUT2D eigenvalue weighted by Gasteiger charge is -2.29. The topological polar surface area (TPSA) is 64.7 Å². The summed E-state index contributed by atoms with van der Waals surface area (Å²) in [4.78, 5) is 2.07. The van der Waals surface area contributed by atoms with Gasteiger partial charge in [0.15, 0.2) is 0 Å². The minimum absolute atomic E-state index is 0.101. The first-order valence-corrected chi connectivity index (χ1v) is 8.99. The minimum Gasteiger partial charge on any atom is -0.314 e. The minimum atomic E-state index is -3.39. The Morgan fingerprint density at radius 1 is 1.14 bits per heavy atom. The molecule has 0 unspecified atom stereocenters. The maximum absolute atomic E-state index is 12.2. The molecule has 0 bridgehead atoms. The van der Waals surface area contributed by atoms with Gasteiger partial charge in [-0.3, -0.25) is 0 Å². The fourth-order valence-electron chi connectivity index (χ4n) is 2.12. The van der Waals surface area contributed by atoms with E-state index in [1.807, 2.05) is 14.1 Å². The maximum atomic E-state index is 12.2. The van der Waals surface area contributed by atoms with Crippen LogP contribution in [0.15, 0.2) is 0 Å². The van der Waals surface area contributed by atoms with Crippen molar-refractivity contribution >= 4 is 10.2 Å². The van der Waals surface area contributed by atoms with Gasteiger partial charge >= 0.3 is 0 Å². The van der Waals surface area contributed by atoms with E-state index in [0.29, 0.717) is 19.1 Å². The van der Waals surface area contributed by atoms with Crippen LogP contribution in [-0.4, -0.2) is 71.0 Å². The lowest BCUT2D eigenvalue weighted by molar-refractivity contribution is 0.241. The Labute approximate surface area is 131 Å². The SMILES string of the molecule is CC(C)NCCCN(C)S(=O)(=O)NCC(C)(C)CN(C)C. The van der Waals surface area contributed by atoms with E-state index in [4.69, 9.17) is 0 Å². The van der Waals surface area contributed by atoms with Gasteiger partial charge < -0.3 is 10.2 Å². The molecule has 0 aliphatic carbocycles. The Bertz CT molecular complexity index is 380. The van der Waals surface area contributed by atoms with Crippen molar-refractivity contribution in [2.75, 3.05) is 47.3 Å². The van der Waals surface area contributed by atoms with Crippen LogP contribution in [0.4, 0.5) is 0 Å². The molecule has 0 aromatic heterocycles. The zero-order chi connectivity index (χ0) is 16.7. The standard InChI is InChI=1S/C14H34N4O2S/c1-13(2)15-9-8-10-18(7)21(19,20)16-11-14(3,4)12-17(5)6/h13,15-16H,8-12H2,1-7H3. The highest BCUT2D eigenvalue weighted by molar-refractivity contribution is 7.87. The zero-order valence-electron chi connectivity index (χ0n) is 14.7. The molecule has 0 fully saturated rings. The molecule has 7 heteroatoms. The van der Waals surface area contributed by atoms with E-state index in [0.717, 1.165) is 19.5 Å². The predicted octanol–water partition coefficient (Wildman–Crippen LogP) is 0.729. The molecule has 0 radical (unpaired) electrons. The second-order valence-electron chi connectivity index (χ2n) is 7.01. The molecule has 128 valence electrons. The van der Waals surface area contributed by atoms with Crippen molar-refractivity contribution in [1.82, 2.24) is 19.2 Å². The van der Waals surface area contributed by atoms with Crippen LogP contribution in [-0.2, 0) is 10.2 Å². The normalized spacial score (nSPS) is 13.6. The highest BCUT2D eigenvalue weighted by atomic mass is 32.2. The van der Waals surface area contributed by atoms with Crippen molar-refractivity contribution in [3.63, 3.8) is 0 Å². The highest BCUT2D eigenvalue weighted by Gasteiger charge is 2.24. The number of nitrogens with zero attached hydrogens (tertiary/aromatic N) is 2. The van der Waals surface area contributed by atoms with Crippen LogP contribution < -0.4 is 10.0 Å². The molecule has 0 saturated heterocycles. The van der Waals surface area contributed by atoms with Crippen LogP contribution >= 0.6 is 0 Å². The number of nitrogens with one attached hydrogen (secondary N) is 2. The molecule has 0 aromatic carbocycles. The molecular formula is C14H34N4O2S. The zero-order valence-corrected chi connectivity index (χ0v) is 15.5. The molecule has 0 amide bonds. The first kappa shape index (κ1) is 20.8. The maximum Gasteiger partial charge on any atom is 0.279 e. The summed E-state index contributed by atoms with van der Waals surface area (Å²) in [5.41, 5.74) is -0.101. The highest BCUT2D eigenvalue weighted by Crippen LogP contribution is 2.15. The van der Waals surface area contributed by atoms with Gasteiger partial charge in [0.25, 0.3) is 10.2 Å². The van der Waals surface area contributed by atoms with Crippen molar-refractivity contribution in [2.45, 2.75) is 40.2 Å². The van der Waals surface area contributed by atoms with Gasteiger partial charge in [0, 0.05) is 32.7 Å². The molecule has 0 saturated carbocycles. The van der Waals surface area contributed by atoms with E-state index < -0.39 is 10.2 Å². The van der Waals surface area contributed by atoms with Crippen LogP contribution in [0.1, 0.15) is 34.1 Å². The summed E-state index contributed by atoms with van der Waals surface area (Å²) in [6, 6.07) is 0.428. The quantitative estimate of drug-likeness (QED) is 0.551. The third-order valence-electron chi connectivity index (χ3n) is 3.09. The lowest BCUT2D eigenvalue weighted by atomic mass is 9.93. The van der Waals surface area contributed by atoms with Gasteiger partial charge in [0.2, 0.25) is 0 Å². The van der Waals surface area contributed by atoms with Crippen LogP contribution in [0.2, 0.25) is 0 Å². The van der Waals surface area contributed by atoms with E-state index in [2.05, 4.69) is 42.6 Å². The van der Waals surface area contributed by atoms with Gasteiger partial charge in [0.1, 0.15) is 0 Å². The number of hydrogen-bond acceptors (Lipinski definition) is 4. The van der Waals surface area contributed by atoms with Crippen molar-refractivity contribution in [1.29, 1.82) is 0 Å². The summed E-state index contributed by atoms with van der Waals surface area (Å²) >= 11 is 0. The fourth-order valence-corrected chi connectivity index (χ4v) is 3.28. The number of rotatable bonds is 11. The monoisotopic (exact) mass is 322 g/mol. The molecule has 0 rings (SSSR count). The summed E-state index contributed by atoms with van der Waals surface area (Å²) < 4.78 is 28.4. The lowest BCUT2D eigenvalue weighted by Crippen LogP contribution is -2.45. The Morgan fingerprint density at radius 3 is 2.19 bits per heavy atom. The summed E-state index contributed by atoms with van der Waals surface area (Å²) in [5.74, 6) is 0. The van der Waals surface area contributed by atoms with Gasteiger partial charge in [-0.05, 0) is 32.5 Å². The molecule has 0 aliphatic rings. The molecule has 0 spiro atoms. The van der Waals surface area contributed by atoms with Crippen LogP contribution in [0.25, 0.3) is 0 Å². The van der Waals surface area contributed by atoms with E-state index in [1.54, 1.807) is 7.05 Å². The summed E-state index contributed by atoms with van der Waals surface area (Å²) in [6.45, 7) is 10.9. The van der Waals surface area contributed by atoms with Crippen LogP contribution in [0.5, 0.6) is 0 Å². The number of hydrogen-bond donors (Lipinski definition) is 2. The summed E-state index contributed by atoms with van der Waals surface area (Å²) in [7, 11) is 2.21. The summed E-state index contributed by atoms with van der Waals surface area (Å²) in [6.07, 6.45) is 0.802. The van der Waals surface area contributed by atoms with Crippen molar-refractivity contribution in [3.8, 4) is 0 Å². The van der Waals surface area contributed by atoms with Gasteiger partial charge in [-0.15, -0.1) is 0 Å². The molecule has 0 atom stereocenters. The first-order chi connectivity index (χ1) is 9.46. The smallest absolute Gasteiger partial charge is 0.279 e. The molecule has 21 heavy (non-hydrogen) atoms. The van der Waals surface area contributed by atoms with E-state index in [1.165, 1.54) is 4.31 Å². The largest absolute Gasteiger partial charge is 0.314 e. The second-order valence-corrected chi connectivity index (χ2v) is 8.87. The Hall–Kier alpha value is -0.210. The Kier molecular flexibility index (Phi) is 8.96. The molecule has 0 aromatic rings. The van der Waals surface area contributed by atoms with Gasteiger partial charge in [-0.25, -0.2) is 4.72 Å². The van der Waals surface area contributed by atoms with E-state index in [-0.39, 0.29) is 5.41 Å². The third kappa shape index (κ3) is 10.2. The predicted molar refractivity (Wildman–Crippen MR) is 89.6 cm³/mol. The summed E-state index contributed by atoms with van der Waals surface area (Å²) in [5, 5.41) is 3.28. The van der Waals surface area contributed by atoms with Gasteiger partial charge in [-0.1, -0.05) is 27.7 Å². The van der Waals surface area contributed by atoms with Crippen molar-refractivity contribution < 1.29 is 8.42 Å². The third-order valence-corrected chi connectivity index (χ3v) is 4.60. The second kappa shape index (κ2) is 9.05. The molecule has 0 aliphatic heterocycles. The molecule has 6 nitrogen and oxygen atoms in total. The Morgan fingerprint density at radius 2 is 1.71 bits per heavy atom.